The maximum absolute atomic E-state index is 12.5. The van der Waals surface area contributed by atoms with Crippen LogP contribution in [0, 0.1) is 23.0 Å². The second-order valence-electron chi connectivity index (χ2n) is 7.00. The van der Waals surface area contributed by atoms with Crippen LogP contribution in [0.3, 0.4) is 0 Å². The highest BCUT2D eigenvalue weighted by Gasteiger charge is 2.26. The summed E-state index contributed by atoms with van der Waals surface area (Å²) in [6.45, 7) is 5.78. The van der Waals surface area contributed by atoms with Crippen LogP contribution < -0.4 is 10.6 Å². The number of nitrogens with zero attached hydrogens (tertiary/aromatic N) is 1. The topological polar surface area (TPSA) is 101 Å². The van der Waals surface area contributed by atoms with Crippen molar-refractivity contribution in [2.45, 2.75) is 39.8 Å². The highest BCUT2D eigenvalue weighted by molar-refractivity contribution is 5.81. The summed E-state index contributed by atoms with van der Waals surface area (Å²) in [7, 11) is 0. The number of nitrogens with one attached hydrogen (secondary N) is 2. The van der Waals surface area contributed by atoms with E-state index in [1.54, 1.807) is 32.0 Å². The van der Waals surface area contributed by atoms with Gasteiger partial charge in [-0.1, -0.05) is 61.9 Å². The molecule has 0 radical (unpaired) electrons. The molecule has 2 N–H and O–H groups in total. The smallest absolute Gasteiger partial charge is 0.274 e. The van der Waals surface area contributed by atoms with Crippen LogP contribution >= 0.6 is 0 Å². The molecule has 0 aliphatic heterocycles. The van der Waals surface area contributed by atoms with Gasteiger partial charge in [-0.25, -0.2) is 0 Å². The number of nitro groups is 1. The molecule has 0 aromatic heterocycles. The van der Waals surface area contributed by atoms with Crippen molar-refractivity contribution in [3.63, 3.8) is 0 Å². The van der Waals surface area contributed by atoms with Gasteiger partial charge in [-0.05, 0) is 12.5 Å². The first-order valence-corrected chi connectivity index (χ1v) is 9.14. The molecule has 0 fully saturated rings. The molecule has 7 nitrogen and oxygen atoms in total. The minimum atomic E-state index is -0.783. The molecular weight excluding hydrogens is 359 g/mol. The third-order valence-electron chi connectivity index (χ3n) is 4.35. The molecule has 1 atom stereocenters. The summed E-state index contributed by atoms with van der Waals surface area (Å²) < 4.78 is 0. The Labute approximate surface area is 164 Å². The number of rotatable bonds is 8. The average Bonchev–Trinajstić information content (AvgIpc) is 2.66. The molecule has 7 heteroatoms. The highest BCUT2D eigenvalue weighted by atomic mass is 16.6. The first kappa shape index (κ1) is 21.1. The average molecular weight is 384 g/mol. The number of benzene rings is 2. The summed E-state index contributed by atoms with van der Waals surface area (Å²) in [6, 6.07) is 13.1. The van der Waals surface area contributed by atoms with Crippen molar-refractivity contribution < 1.29 is 14.5 Å². The van der Waals surface area contributed by atoms with Crippen molar-refractivity contribution in [1.29, 1.82) is 0 Å². The summed E-state index contributed by atoms with van der Waals surface area (Å²) in [5.41, 5.74) is 2.27. The van der Waals surface area contributed by atoms with Crippen LogP contribution in [0.2, 0.25) is 0 Å². The van der Waals surface area contributed by atoms with Gasteiger partial charge in [0.1, 0.15) is 0 Å². The molecule has 0 aliphatic carbocycles. The van der Waals surface area contributed by atoms with Gasteiger partial charge >= 0.3 is 0 Å². The van der Waals surface area contributed by atoms with E-state index in [1.807, 2.05) is 31.2 Å². The molecule has 1 unspecified atom stereocenters. The zero-order valence-electron chi connectivity index (χ0n) is 16.3. The van der Waals surface area contributed by atoms with Crippen LogP contribution in [0.15, 0.2) is 48.5 Å². The summed E-state index contributed by atoms with van der Waals surface area (Å²) in [6.07, 6.45) is -0.0881. The Bertz CT molecular complexity index is 847. The normalized spacial score (nSPS) is 11.7. The molecule has 2 amide bonds. The largest absolute Gasteiger partial charge is 0.352 e. The standard InChI is InChI=1S/C21H25N3O4/c1-14(2)21(26)23-18(17-6-4-5-7-19(17)24(27)28)12-20(25)22-13-16-10-8-15(3)9-11-16/h4-11,14,18H,12-13H2,1-3H3,(H,22,25)(H,23,26)/i23+1. The fourth-order valence-electron chi connectivity index (χ4n) is 2.69. The molecule has 2 aromatic rings. The van der Waals surface area contributed by atoms with E-state index < -0.39 is 11.0 Å². The quantitative estimate of drug-likeness (QED) is 0.414. The van der Waals surface area contributed by atoms with Gasteiger partial charge < -0.3 is 10.6 Å². The summed E-state index contributed by atoms with van der Waals surface area (Å²) in [5.74, 6) is -0.872. The molecular formula is C21H25N3O4. The predicted octanol–water partition coefficient (Wildman–Crippen LogP) is 3.42. The summed E-state index contributed by atoms with van der Waals surface area (Å²) in [5, 5.41) is 16.9. The molecule has 28 heavy (non-hydrogen) atoms. The van der Waals surface area contributed by atoms with Gasteiger partial charge in [-0.3, -0.25) is 19.7 Å². The van der Waals surface area contributed by atoms with E-state index in [1.165, 1.54) is 6.07 Å². The van der Waals surface area contributed by atoms with Gasteiger partial charge in [0.2, 0.25) is 11.8 Å². The third-order valence-corrected chi connectivity index (χ3v) is 4.35. The number of nitro benzene ring substituents is 1. The minimum absolute atomic E-state index is 0.0881. The summed E-state index contributed by atoms with van der Waals surface area (Å²) in [4.78, 5) is 35.5. The Balaban J connectivity index is 2.15. The Morgan fingerprint density at radius 1 is 1.07 bits per heavy atom. The number of amides is 2. The van der Waals surface area contributed by atoms with Crippen LogP contribution in [-0.2, 0) is 16.1 Å². The molecule has 0 heterocycles. The molecule has 2 aromatic carbocycles. The molecule has 0 saturated carbocycles. The lowest BCUT2D eigenvalue weighted by molar-refractivity contribution is -0.385. The van der Waals surface area contributed by atoms with E-state index in [2.05, 4.69) is 10.6 Å². The lowest BCUT2D eigenvalue weighted by atomic mass is 10.0. The van der Waals surface area contributed by atoms with Crippen molar-refractivity contribution >= 4 is 17.5 Å². The van der Waals surface area contributed by atoms with Crippen LogP contribution in [0.1, 0.15) is 43.0 Å². The number of carbonyl (C=O) groups is 2. The molecule has 148 valence electrons. The molecule has 0 aliphatic rings. The maximum atomic E-state index is 12.5. The Morgan fingerprint density at radius 2 is 1.71 bits per heavy atom. The van der Waals surface area contributed by atoms with E-state index in [0.717, 1.165) is 11.1 Å². The van der Waals surface area contributed by atoms with Crippen LogP contribution in [0.4, 0.5) is 5.69 Å². The SMILES string of the molecule is Cc1ccc(CNC(=O)CC([15NH]C(=O)C(C)C)c2ccccc2[N+](=O)[O-])cc1. The van der Waals surface area contributed by atoms with Gasteiger partial charge in [0.25, 0.3) is 5.69 Å². The highest BCUT2D eigenvalue weighted by Crippen LogP contribution is 2.27. The van der Waals surface area contributed by atoms with Crippen molar-refractivity contribution in [2.75, 3.05) is 0 Å². The van der Waals surface area contributed by atoms with E-state index in [9.17, 15) is 19.7 Å². The zero-order chi connectivity index (χ0) is 20.7. The molecule has 0 saturated heterocycles. The minimum Gasteiger partial charge on any atom is -0.352 e. The lowest BCUT2D eigenvalue weighted by Crippen LogP contribution is -2.36. The number of aryl methyl sites for hydroxylation is 1. The Hall–Kier alpha value is -3.22. The van der Waals surface area contributed by atoms with Crippen molar-refractivity contribution in [1.82, 2.24) is 10.6 Å². The fraction of sp³-hybridized carbons (Fsp3) is 0.333. The second kappa shape index (κ2) is 9.64. The maximum Gasteiger partial charge on any atom is 0.274 e. The van der Waals surface area contributed by atoms with Gasteiger partial charge in [0, 0.05) is 18.5 Å². The van der Waals surface area contributed by atoms with Crippen molar-refractivity contribution in [2.24, 2.45) is 5.92 Å². The number of hydrogen-bond acceptors (Lipinski definition) is 4. The number of hydrogen-bond donors (Lipinski definition) is 2. The third kappa shape index (κ3) is 5.90. The van der Waals surface area contributed by atoms with Gasteiger partial charge in [0.15, 0.2) is 0 Å². The van der Waals surface area contributed by atoms with Gasteiger partial charge in [-0.15, -0.1) is 0 Å². The zero-order valence-corrected chi connectivity index (χ0v) is 16.3. The predicted molar refractivity (Wildman–Crippen MR) is 106 cm³/mol. The molecule has 0 spiro atoms. The van der Waals surface area contributed by atoms with Crippen molar-refractivity contribution in [3.05, 3.63) is 75.3 Å². The first-order valence-electron chi connectivity index (χ1n) is 9.14. The van der Waals surface area contributed by atoms with E-state index in [0.29, 0.717) is 12.1 Å². The fourth-order valence-corrected chi connectivity index (χ4v) is 2.69. The van der Waals surface area contributed by atoms with Crippen LogP contribution in [0.25, 0.3) is 0 Å². The van der Waals surface area contributed by atoms with E-state index >= 15 is 0 Å². The lowest BCUT2D eigenvalue weighted by Gasteiger charge is -2.20. The molecule has 2 rings (SSSR count). The first-order chi connectivity index (χ1) is 13.3. The Kier molecular flexibility index (Phi) is 7.26. The monoisotopic (exact) mass is 384 g/mol. The molecule has 0 bridgehead atoms. The van der Waals surface area contributed by atoms with Gasteiger partial charge in [-0.2, -0.15) is 0 Å². The number of carbonyl (C=O) groups excluding carboxylic acids is 2. The van der Waals surface area contributed by atoms with E-state index in [4.69, 9.17) is 0 Å². The number of para-hydroxylation sites is 1. The van der Waals surface area contributed by atoms with Crippen LogP contribution in [-0.4, -0.2) is 16.7 Å². The van der Waals surface area contributed by atoms with Crippen LogP contribution in [0.5, 0.6) is 0 Å². The van der Waals surface area contributed by atoms with Crippen molar-refractivity contribution in [3.8, 4) is 0 Å². The van der Waals surface area contributed by atoms with Gasteiger partial charge in [0.05, 0.1) is 22.9 Å². The van der Waals surface area contributed by atoms with E-state index in [-0.39, 0.29) is 29.8 Å². The Morgan fingerprint density at radius 3 is 2.32 bits per heavy atom. The second-order valence-corrected chi connectivity index (χ2v) is 7.00. The summed E-state index contributed by atoms with van der Waals surface area (Å²) >= 11 is 0.